The Hall–Kier alpha value is -2.46. The molecule has 0 aliphatic carbocycles. The maximum Gasteiger partial charge on any atom is 0.269 e. The van der Waals surface area contributed by atoms with E-state index in [1.165, 1.54) is 13.3 Å². The van der Waals surface area contributed by atoms with E-state index >= 15 is 0 Å². The Morgan fingerprint density at radius 3 is 3.00 bits per heavy atom. The highest BCUT2D eigenvalue weighted by Gasteiger charge is 2.12. The number of rotatable bonds is 3. The molecule has 7 heteroatoms. The van der Waals surface area contributed by atoms with Crippen LogP contribution in [0.5, 0.6) is 5.75 Å². The Bertz CT molecular complexity index is 604. The monoisotopic (exact) mass is 260 g/mol. The molecular formula is C11H8N4O2S. The zero-order chi connectivity index (χ0) is 13.0. The lowest BCUT2D eigenvalue weighted by Crippen LogP contribution is -2.11. The number of carbonyl (C=O) groups excluding carboxylic acids is 1. The molecule has 0 saturated carbocycles. The quantitative estimate of drug-likeness (QED) is 0.906. The van der Waals surface area contributed by atoms with Crippen molar-refractivity contribution >= 4 is 23.1 Å². The number of hydrogen-bond donors (Lipinski definition) is 1. The molecule has 1 N–H and O–H groups in total. The Morgan fingerprint density at radius 1 is 1.56 bits per heavy atom. The number of carbonyl (C=O) groups is 1. The SMILES string of the molecule is COc1cc(C#N)ccc1NC(=O)c1cnns1. The van der Waals surface area contributed by atoms with Gasteiger partial charge in [-0.3, -0.25) is 4.79 Å². The van der Waals surface area contributed by atoms with Crippen LogP contribution in [0.15, 0.2) is 24.4 Å². The molecule has 0 saturated heterocycles. The van der Waals surface area contributed by atoms with Crippen LogP contribution in [-0.4, -0.2) is 22.6 Å². The second-order valence-corrected chi connectivity index (χ2v) is 4.05. The van der Waals surface area contributed by atoms with Crippen LogP contribution in [0.25, 0.3) is 0 Å². The van der Waals surface area contributed by atoms with Crippen molar-refractivity contribution in [1.29, 1.82) is 5.26 Å². The molecule has 18 heavy (non-hydrogen) atoms. The van der Waals surface area contributed by atoms with Gasteiger partial charge in [-0.25, -0.2) is 0 Å². The summed E-state index contributed by atoms with van der Waals surface area (Å²) in [6.45, 7) is 0. The number of amides is 1. The van der Waals surface area contributed by atoms with Crippen LogP contribution in [0.3, 0.4) is 0 Å². The van der Waals surface area contributed by atoms with Crippen LogP contribution in [0.4, 0.5) is 5.69 Å². The van der Waals surface area contributed by atoms with E-state index in [4.69, 9.17) is 10.00 Å². The van der Waals surface area contributed by atoms with Crippen molar-refractivity contribution in [2.24, 2.45) is 0 Å². The second-order valence-electron chi connectivity index (χ2n) is 3.26. The van der Waals surface area contributed by atoms with E-state index < -0.39 is 0 Å². The number of nitrogens with zero attached hydrogens (tertiary/aromatic N) is 3. The molecule has 0 fully saturated rings. The predicted octanol–water partition coefficient (Wildman–Crippen LogP) is 1.67. The van der Waals surface area contributed by atoms with Gasteiger partial charge in [-0.15, -0.1) is 5.10 Å². The lowest BCUT2D eigenvalue weighted by Gasteiger charge is -2.09. The van der Waals surface area contributed by atoms with Crippen molar-refractivity contribution in [1.82, 2.24) is 9.59 Å². The van der Waals surface area contributed by atoms with Gasteiger partial charge in [-0.05, 0) is 23.7 Å². The minimum atomic E-state index is -0.312. The maximum atomic E-state index is 11.8. The highest BCUT2D eigenvalue weighted by atomic mass is 32.1. The summed E-state index contributed by atoms with van der Waals surface area (Å²) in [5, 5.41) is 15.0. The van der Waals surface area contributed by atoms with Gasteiger partial charge < -0.3 is 10.1 Å². The summed E-state index contributed by atoms with van der Waals surface area (Å²) in [7, 11) is 1.47. The number of methoxy groups -OCH3 is 1. The molecule has 0 radical (unpaired) electrons. The summed E-state index contributed by atoms with van der Waals surface area (Å²) in [5.41, 5.74) is 0.958. The van der Waals surface area contributed by atoms with E-state index in [-0.39, 0.29) is 5.91 Å². The zero-order valence-corrected chi connectivity index (χ0v) is 10.2. The molecule has 2 aromatic rings. The normalized spacial score (nSPS) is 9.56. The standard InChI is InChI=1S/C11H8N4O2S/c1-17-9-4-7(5-12)2-3-8(9)14-11(16)10-6-13-15-18-10/h2-4,6H,1H3,(H,14,16). The Balaban J connectivity index is 2.24. The van der Waals surface area contributed by atoms with Crippen molar-refractivity contribution in [3.8, 4) is 11.8 Å². The largest absolute Gasteiger partial charge is 0.495 e. The van der Waals surface area contributed by atoms with Crippen molar-refractivity contribution in [3.05, 3.63) is 34.8 Å². The van der Waals surface area contributed by atoms with Gasteiger partial charge >= 0.3 is 0 Å². The molecule has 90 valence electrons. The van der Waals surface area contributed by atoms with E-state index in [1.807, 2.05) is 6.07 Å². The maximum absolute atomic E-state index is 11.8. The third-order valence-corrected chi connectivity index (χ3v) is 2.83. The molecule has 1 aromatic heterocycles. The van der Waals surface area contributed by atoms with Crippen LogP contribution in [0.2, 0.25) is 0 Å². The van der Waals surface area contributed by atoms with E-state index in [0.717, 1.165) is 11.5 Å². The van der Waals surface area contributed by atoms with Gasteiger partial charge in [0, 0.05) is 6.07 Å². The molecule has 6 nitrogen and oxygen atoms in total. The first kappa shape index (κ1) is 12.0. The first-order valence-electron chi connectivity index (χ1n) is 4.91. The van der Waals surface area contributed by atoms with Crippen LogP contribution >= 0.6 is 11.5 Å². The highest BCUT2D eigenvalue weighted by molar-refractivity contribution is 7.07. The summed E-state index contributed by atoms with van der Waals surface area (Å²) in [6, 6.07) is 6.77. The van der Waals surface area contributed by atoms with Crippen molar-refractivity contribution in [2.45, 2.75) is 0 Å². The highest BCUT2D eigenvalue weighted by Crippen LogP contribution is 2.25. The van der Waals surface area contributed by atoms with Crippen molar-refractivity contribution in [3.63, 3.8) is 0 Å². The number of benzene rings is 1. The van der Waals surface area contributed by atoms with Gasteiger partial charge in [-0.1, -0.05) is 4.49 Å². The van der Waals surface area contributed by atoms with Gasteiger partial charge in [0.05, 0.1) is 30.6 Å². The fourth-order valence-electron chi connectivity index (χ4n) is 1.32. The molecule has 0 atom stereocenters. The fraction of sp³-hybridized carbons (Fsp3) is 0.0909. The summed E-state index contributed by atoms with van der Waals surface area (Å²) in [4.78, 5) is 12.2. The van der Waals surface area contributed by atoms with Gasteiger partial charge in [0.15, 0.2) is 0 Å². The Kier molecular flexibility index (Phi) is 3.50. The van der Waals surface area contributed by atoms with E-state index in [9.17, 15) is 4.79 Å². The lowest BCUT2D eigenvalue weighted by atomic mass is 10.2. The molecule has 2 rings (SSSR count). The first-order valence-corrected chi connectivity index (χ1v) is 5.69. The number of nitrogens with one attached hydrogen (secondary N) is 1. The molecule has 0 aliphatic rings. The Morgan fingerprint density at radius 2 is 2.39 bits per heavy atom. The number of ether oxygens (including phenoxy) is 1. The van der Waals surface area contributed by atoms with Crippen LogP contribution in [-0.2, 0) is 0 Å². The predicted molar refractivity (Wildman–Crippen MR) is 65.6 cm³/mol. The number of hydrogen-bond acceptors (Lipinski definition) is 6. The van der Waals surface area contributed by atoms with E-state index in [2.05, 4.69) is 14.9 Å². The summed E-state index contributed by atoms with van der Waals surface area (Å²) in [6.07, 6.45) is 1.39. The Labute approximate surface area is 107 Å². The fourth-order valence-corrected chi connectivity index (χ4v) is 1.73. The summed E-state index contributed by atoms with van der Waals surface area (Å²) in [5.74, 6) is 0.118. The van der Waals surface area contributed by atoms with Gasteiger partial charge in [0.25, 0.3) is 5.91 Å². The number of aromatic nitrogens is 2. The van der Waals surface area contributed by atoms with Crippen LogP contribution in [0.1, 0.15) is 15.2 Å². The smallest absolute Gasteiger partial charge is 0.269 e. The molecule has 1 amide bonds. The first-order chi connectivity index (χ1) is 8.74. The third kappa shape index (κ3) is 2.44. The van der Waals surface area contributed by atoms with Crippen molar-refractivity contribution in [2.75, 3.05) is 12.4 Å². The zero-order valence-electron chi connectivity index (χ0n) is 9.38. The number of nitriles is 1. The lowest BCUT2D eigenvalue weighted by molar-refractivity contribution is 0.103. The minimum Gasteiger partial charge on any atom is -0.495 e. The third-order valence-electron chi connectivity index (χ3n) is 2.16. The molecular weight excluding hydrogens is 252 g/mol. The molecule has 0 unspecified atom stereocenters. The molecule has 0 bridgehead atoms. The molecule has 1 heterocycles. The summed E-state index contributed by atoms with van der Waals surface area (Å²) >= 11 is 1.01. The second kappa shape index (κ2) is 5.25. The van der Waals surface area contributed by atoms with E-state index in [0.29, 0.717) is 21.9 Å². The van der Waals surface area contributed by atoms with Crippen molar-refractivity contribution < 1.29 is 9.53 Å². The van der Waals surface area contributed by atoms with Crippen LogP contribution < -0.4 is 10.1 Å². The minimum absolute atomic E-state index is 0.312. The van der Waals surface area contributed by atoms with E-state index in [1.54, 1.807) is 18.2 Å². The molecule has 0 aliphatic heterocycles. The molecule has 0 spiro atoms. The van der Waals surface area contributed by atoms with Gasteiger partial charge in [0.2, 0.25) is 0 Å². The van der Waals surface area contributed by atoms with Crippen LogP contribution in [0, 0.1) is 11.3 Å². The average Bonchev–Trinajstić information content (AvgIpc) is 2.93. The average molecular weight is 260 g/mol. The van der Waals surface area contributed by atoms with Gasteiger partial charge in [0.1, 0.15) is 10.6 Å². The topological polar surface area (TPSA) is 87.9 Å². The molecule has 1 aromatic carbocycles. The summed E-state index contributed by atoms with van der Waals surface area (Å²) < 4.78 is 8.72. The van der Waals surface area contributed by atoms with Gasteiger partial charge in [-0.2, -0.15) is 5.26 Å². The number of anilines is 1.